The van der Waals surface area contributed by atoms with Crippen molar-refractivity contribution in [3.63, 3.8) is 0 Å². The van der Waals surface area contributed by atoms with Crippen molar-refractivity contribution in [1.29, 1.82) is 0 Å². The first-order chi connectivity index (χ1) is 6.95. The normalized spacial score (nSPS) is 12.9. The minimum atomic E-state index is -0.683. The minimum Gasteiger partial charge on any atom is -0.460 e. The van der Waals surface area contributed by atoms with Gasteiger partial charge in [-0.1, -0.05) is 0 Å². The van der Waals surface area contributed by atoms with Crippen molar-refractivity contribution in [3.05, 3.63) is 12.2 Å². The van der Waals surface area contributed by atoms with Gasteiger partial charge in [0.15, 0.2) is 0 Å². The van der Waals surface area contributed by atoms with Gasteiger partial charge in [-0.3, -0.25) is 0 Å². The fraction of sp³-hybridized carbons (Fsp3) is 0.600. The number of hydrogen-bond acceptors (Lipinski definition) is 5. The zero-order chi connectivity index (χ0) is 11.8. The molecule has 0 saturated carbocycles. The highest BCUT2D eigenvalue weighted by atomic mass is 16.6. The lowest BCUT2D eigenvalue weighted by atomic mass is 10.4. The zero-order valence-electron chi connectivity index (χ0n) is 9.10. The molecular weight excluding hydrogens is 200 g/mol. The molecule has 0 fully saturated rings. The van der Waals surface area contributed by atoms with Crippen LogP contribution in [0.25, 0.3) is 0 Å². The lowest BCUT2D eigenvalue weighted by Crippen LogP contribution is -2.17. The summed E-state index contributed by atoms with van der Waals surface area (Å²) >= 11 is 0. The van der Waals surface area contributed by atoms with Crippen LogP contribution in [0.3, 0.4) is 0 Å². The van der Waals surface area contributed by atoms with Crippen molar-refractivity contribution in [2.24, 2.45) is 0 Å². The maximum Gasteiger partial charge on any atom is 0.331 e. The molecule has 0 aliphatic rings. The number of rotatable bonds is 5. The van der Waals surface area contributed by atoms with Crippen molar-refractivity contribution >= 4 is 11.9 Å². The van der Waals surface area contributed by atoms with E-state index in [4.69, 9.17) is 9.84 Å². The third-order valence-electron chi connectivity index (χ3n) is 1.28. The molecule has 1 unspecified atom stereocenters. The van der Waals surface area contributed by atoms with Crippen LogP contribution in [0, 0.1) is 0 Å². The lowest BCUT2D eigenvalue weighted by molar-refractivity contribution is -0.145. The summed E-state index contributed by atoms with van der Waals surface area (Å²) in [6.07, 6.45) is 1.15. The van der Waals surface area contributed by atoms with Crippen LogP contribution in [0.4, 0.5) is 0 Å². The number of aliphatic hydroxyl groups is 1. The number of esters is 2. The number of carbonyl (C=O) groups is 2. The van der Waals surface area contributed by atoms with E-state index in [9.17, 15) is 9.59 Å². The van der Waals surface area contributed by atoms with Gasteiger partial charge in [0.1, 0.15) is 6.10 Å². The van der Waals surface area contributed by atoms with E-state index in [1.807, 2.05) is 0 Å². The third-order valence-corrected chi connectivity index (χ3v) is 1.28. The molecule has 86 valence electrons. The van der Waals surface area contributed by atoms with Gasteiger partial charge in [0.05, 0.1) is 12.7 Å². The van der Waals surface area contributed by atoms with E-state index in [0.717, 1.165) is 12.2 Å². The van der Waals surface area contributed by atoms with E-state index >= 15 is 0 Å². The van der Waals surface area contributed by atoms with Crippen LogP contribution in [0.1, 0.15) is 20.8 Å². The van der Waals surface area contributed by atoms with Crippen molar-refractivity contribution < 1.29 is 24.2 Å². The van der Waals surface area contributed by atoms with Crippen LogP contribution in [0.5, 0.6) is 0 Å². The highest BCUT2D eigenvalue weighted by molar-refractivity contribution is 5.91. The summed E-state index contributed by atoms with van der Waals surface area (Å²) in [4.78, 5) is 21.9. The smallest absolute Gasteiger partial charge is 0.331 e. The SMILES string of the molecule is CC(C)OC(=O)/C=C/C(=O)OC(C)CO. The Morgan fingerprint density at radius 1 is 1.13 bits per heavy atom. The second kappa shape index (κ2) is 7.00. The Morgan fingerprint density at radius 3 is 2.00 bits per heavy atom. The summed E-state index contributed by atoms with van der Waals surface area (Å²) in [5.41, 5.74) is 0. The van der Waals surface area contributed by atoms with Crippen LogP contribution in [-0.4, -0.2) is 35.9 Å². The van der Waals surface area contributed by atoms with E-state index in [1.54, 1.807) is 13.8 Å². The van der Waals surface area contributed by atoms with Gasteiger partial charge in [0.2, 0.25) is 0 Å². The van der Waals surface area contributed by atoms with Gasteiger partial charge in [-0.2, -0.15) is 0 Å². The molecule has 0 saturated heterocycles. The van der Waals surface area contributed by atoms with Crippen LogP contribution in [-0.2, 0) is 19.1 Å². The van der Waals surface area contributed by atoms with Crippen LogP contribution >= 0.6 is 0 Å². The number of hydrogen-bond donors (Lipinski definition) is 1. The molecule has 0 spiro atoms. The van der Waals surface area contributed by atoms with Gasteiger partial charge in [-0.15, -0.1) is 0 Å². The molecule has 0 aromatic rings. The Kier molecular flexibility index (Phi) is 6.37. The van der Waals surface area contributed by atoms with Crippen LogP contribution in [0.15, 0.2) is 12.2 Å². The first kappa shape index (κ1) is 13.6. The molecular formula is C10H16O5. The van der Waals surface area contributed by atoms with Gasteiger partial charge < -0.3 is 14.6 Å². The molecule has 5 heteroatoms. The van der Waals surface area contributed by atoms with Gasteiger partial charge >= 0.3 is 11.9 Å². The molecule has 0 aromatic carbocycles. The first-order valence-corrected chi connectivity index (χ1v) is 4.66. The van der Waals surface area contributed by atoms with Gasteiger partial charge in [0, 0.05) is 12.2 Å². The molecule has 0 amide bonds. The summed E-state index contributed by atoms with van der Waals surface area (Å²) < 4.78 is 9.42. The summed E-state index contributed by atoms with van der Waals surface area (Å²) in [5, 5.41) is 8.59. The number of ether oxygens (including phenoxy) is 2. The molecule has 1 atom stereocenters. The second-order valence-corrected chi connectivity index (χ2v) is 3.25. The van der Waals surface area contributed by atoms with E-state index in [1.165, 1.54) is 6.92 Å². The number of aliphatic hydroxyl groups excluding tert-OH is 1. The molecule has 0 radical (unpaired) electrons. The molecule has 15 heavy (non-hydrogen) atoms. The average molecular weight is 216 g/mol. The predicted octanol–water partition coefficient (Wildman–Crippen LogP) is 0.418. The molecule has 0 rings (SSSR count). The third kappa shape index (κ3) is 7.69. The Morgan fingerprint density at radius 2 is 1.60 bits per heavy atom. The Hall–Kier alpha value is -1.36. The van der Waals surface area contributed by atoms with Crippen LogP contribution < -0.4 is 0 Å². The standard InChI is InChI=1S/C10H16O5/c1-7(2)14-9(12)4-5-10(13)15-8(3)6-11/h4-5,7-8,11H,6H2,1-3H3/b5-4+. The summed E-state index contributed by atoms with van der Waals surface area (Å²) in [7, 11) is 0. The van der Waals surface area contributed by atoms with Crippen molar-refractivity contribution in [2.45, 2.75) is 33.0 Å². The fourth-order valence-corrected chi connectivity index (χ4v) is 0.683. The molecule has 0 aromatic heterocycles. The maximum atomic E-state index is 11.0. The number of carbonyl (C=O) groups excluding carboxylic acids is 2. The average Bonchev–Trinajstić information content (AvgIpc) is 2.13. The highest BCUT2D eigenvalue weighted by Gasteiger charge is 2.06. The largest absolute Gasteiger partial charge is 0.460 e. The Balaban J connectivity index is 3.95. The highest BCUT2D eigenvalue weighted by Crippen LogP contribution is 1.93. The maximum absolute atomic E-state index is 11.0. The summed E-state index contributed by atoms with van der Waals surface area (Å²) in [6, 6.07) is 0. The first-order valence-electron chi connectivity index (χ1n) is 4.66. The molecule has 0 aliphatic heterocycles. The molecule has 0 bridgehead atoms. The predicted molar refractivity (Wildman–Crippen MR) is 53.0 cm³/mol. The van der Waals surface area contributed by atoms with E-state index in [2.05, 4.69) is 4.74 Å². The van der Waals surface area contributed by atoms with Crippen molar-refractivity contribution in [2.75, 3.05) is 6.61 Å². The van der Waals surface area contributed by atoms with Crippen molar-refractivity contribution in [3.8, 4) is 0 Å². The lowest BCUT2D eigenvalue weighted by Gasteiger charge is -2.07. The van der Waals surface area contributed by atoms with Gasteiger partial charge in [-0.05, 0) is 20.8 Å². The summed E-state index contributed by atoms with van der Waals surface area (Å²) in [5.74, 6) is -1.28. The van der Waals surface area contributed by atoms with Crippen LogP contribution in [0.2, 0.25) is 0 Å². The topological polar surface area (TPSA) is 72.8 Å². The monoisotopic (exact) mass is 216 g/mol. The molecule has 1 N–H and O–H groups in total. The summed E-state index contributed by atoms with van der Waals surface area (Å²) in [6.45, 7) is 4.70. The van der Waals surface area contributed by atoms with Gasteiger partial charge in [-0.25, -0.2) is 9.59 Å². The minimum absolute atomic E-state index is 0.227. The second-order valence-electron chi connectivity index (χ2n) is 3.25. The van der Waals surface area contributed by atoms with E-state index in [-0.39, 0.29) is 12.7 Å². The fourth-order valence-electron chi connectivity index (χ4n) is 0.683. The van der Waals surface area contributed by atoms with E-state index < -0.39 is 18.0 Å². The van der Waals surface area contributed by atoms with Gasteiger partial charge in [0.25, 0.3) is 0 Å². The van der Waals surface area contributed by atoms with Crippen molar-refractivity contribution in [1.82, 2.24) is 0 Å². The Labute approximate surface area is 88.7 Å². The quantitative estimate of drug-likeness (QED) is 0.532. The zero-order valence-corrected chi connectivity index (χ0v) is 9.10. The molecule has 0 heterocycles. The molecule has 0 aliphatic carbocycles. The van der Waals surface area contributed by atoms with E-state index in [0.29, 0.717) is 0 Å². The molecule has 5 nitrogen and oxygen atoms in total. The Bertz CT molecular complexity index is 244.